The van der Waals surface area contributed by atoms with Crippen molar-refractivity contribution in [3.63, 3.8) is 0 Å². The van der Waals surface area contributed by atoms with Crippen molar-refractivity contribution >= 4 is 17.8 Å². The summed E-state index contributed by atoms with van der Waals surface area (Å²) in [7, 11) is 5.42. The van der Waals surface area contributed by atoms with Crippen LogP contribution in [0.5, 0.6) is 0 Å². The molecule has 0 aliphatic heterocycles. The third kappa shape index (κ3) is 4.41. The largest absolute Gasteiger partial charge is 0.355 e. The van der Waals surface area contributed by atoms with E-state index in [1.807, 2.05) is 51.0 Å². The lowest BCUT2D eigenvalue weighted by atomic mass is 10.1. The van der Waals surface area contributed by atoms with Gasteiger partial charge in [-0.15, -0.1) is 0 Å². The maximum absolute atomic E-state index is 11.7. The molecule has 0 spiro atoms. The van der Waals surface area contributed by atoms with E-state index in [1.54, 1.807) is 13.1 Å². The molecule has 2 N–H and O–H groups in total. The first kappa shape index (κ1) is 17.7. The van der Waals surface area contributed by atoms with E-state index in [4.69, 9.17) is 0 Å². The van der Waals surface area contributed by atoms with Gasteiger partial charge >= 0.3 is 0 Å². The molecule has 7 nitrogen and oxygen atoms in total. The number of benzene rings is 1. The monoisotopic (exact) mass is 328 g/mol. The summed E-state index contributed by atoms with van der Waals surface area (Å²) in [6, 6.07) is 7.45. The van der Waals surface area contributed by atoms with Gasteiger partial charge in [-0.25, -0.2) is 0 Å². The summed E-state index contributed by atoms with van der Waals surface area (Å²) in [4.78, 5) is 26.9. The second kappa shape index (κ2) is 7.72. The minimum Gasteiger partial charge on any atom is -0.355 e. The number of hydrogen-bond acceptors (Lipinski definition) is 6. The summed E-state index contributed by atoms with van der Waals surface area (Å²) in [5.41, 5.74) is 1.61. The summed E-state index contributed by atoms with van der Waals surface area (Å²) in [6.45, 7) is 4.62. The maximum atomic E-state index is 11.7. The molecule has 0 saturated carbocycles. The van der Waals surface area contributed by atoms with Crippen molar-refractivity contribution in [2.24, 2.45) is 0 Å². The highest BCUT2D eigenvalue weighted by Crippen LogP contribution is 2.15. The molecule has 0 unspecified atom stereocenters. The van der Waals surface area contributed by atoms with E-state index >= 15 is 0 Å². The van der Waals surface area contributed by atoms with E-state index < -0.39 is 0 Å². The van der Waals surface area contributed by atoms with Gasteiger partial charge in [0, 0.05) is 39.2 Å². The van der Waals surface area contributed by atoms with Gasteiger partial charge in [0.25, 0.3) is 5.91 Å². The Morgan fingerprint density at radius 1 is 1.21 bits per heavy atom. The van der Waals surface area contributed by atoms with Gasteiger partial charge < -0.3 is 15.5 Å². The van der Waals surface area contributed by atoms with Gasteiger partial charge in [-0.1, -0.05) is 26.0 Å². The van der Waals surface area contributed by atoms with E-state index in [-0.39, 0.29) is 11.8 Å². The highest BCUT2D eigenvalue weighted by molar-refractivity contribution is 5.94. The fourth-order valence-electron chi connectivity index (χ4n) is 2.07. The number of rotatable bonds is 6. The Balaban J connectivity index is 2.18. The first-order valence-electron chi connectivity index (χ1n) is 7.89. The summed E-state index contributed by atoms with van der Waals surface area (Å²) in [5.74, 6) is 2.01. The molecular formula is C17H24N6O. The maximum Gasteiger partial charge on any atom is 0.251 e. The number of nitrogens with zero attached hydrogens (tertiary/aromatic N) is 4. The van der Waals surface area contributed by atoms with Gasteiger partial charge in [0.05, 0.1) is 0 Å². The van der Waals surface area contributed by atoms with Crippen molar-refractivity contribution in [1.29, 1.82) is 0 Å². The topological polar surface area (TPSA) is 83.0 Å². The van der Waals surface area contributed by atoms with E-state index in [1.165, 1.54) is 0 Å². The number of hydrogen-bond donors (Lipinski definition) is 2. The van der Waals surface area contributed by atoms with Gasteiger partial charge in [-0.05, 0) is 17.7 Å². The molecule has 0 fully saturated rings. The summed E-state index contributed by atoms with van der Waals surface area (Å²) in [5, 5.41) is 5.84. The van der Waals surface area contributed by atoms with Crippen molar-refractivity contribution in [1.82, 2.24) is 20.3 Å². The third-order valence-electron chi connectivity index (χ3n) is 3.42. The first-order valence-corrected chi connectivity index (χ1v) is 7.89. The van der Waals surface area contributed by atoms with Crippen LogP contribution >= 0.6 is 0 Å². The Morgan fingerprint density at radius 3 is 2.58 bits per heavy atom. The molecule has 1 aromatic carbocycles. The molecule has 0 saturated heterocycles. The zero-order valence-corrected chi connectivity index (χ0v) is 14.8. The molecule has 1 aromatic heterocycles. The van der Waals surface area contributed by atoms with Crippen LogP contribution in [0.15, 0.2) is 24.3 Å². The van der Waals surface area contributed by atoms with Crippen LogP contribution < -0.4 is 15.5 Å². The van der Waals surface area contributed by atoms with Crippen LogP contribution in [-0.4, -0.2) is 42.0 Å². The van der Waals surface area contributed by atoms with Crippen LogP contribution in [0.2, 0.25) is 0 Å². The van der Waals surface area contributed by atoms with Crippen molar-refractivity contribution < 1.29 is 4.79 Å². The predicted octanol–water partition coefficient (Wildman–Crippen LogP) is 2.03. The first-order chi connectivity index (χ1) is 11.4. The van der Waals surface area contributed by atoms with Crippen LogP contribution in [-0.2, 0) is 6.54 Å². The van der Waals surface area contributed by atoms with E-state index in [0.717, 1.165) is 11.4 Å². The lowest BCUT2D eigenvalue weighted by molar-refractivity contribution is 0.0963. The zero-order chi connectivity index (χ0) is 17.7. The van der Waals surface area contributed by atoms with Crippen molar-refractivity contribution in [3.05, 3.63) is 41.2 Å². The number of anilines is 2. The van der Waals surface area contributed by atoms with Gasteiger partial charge in [0.15, 0.2) is 0 Å². The number of nitrogens with one attached hydrogen (secondary N) is 2. The summed E-state index contributed by atoms with van der Waals surface area (Å²) in [6.07, 6.45) is 0. The molecule has 1 heterocycles. The van der Waals surface area contributed by atoms with Crippen LogP contribution in [0.1, 0.15) is 41.5 Å². The van der Waals surface area contributed by atoms with Crippen LogP contribution in [0.25, 0.3) is 0 Å². The molecule has 128 valence electrons. The van der Waals surface area contributed by atoms with E-state index in [9.17, 15) is 4.79 Å². The third-order valence-corrected chi connectivity index (χ3v) is 3.42. The number of carbonyl (C=O) groups is 1. The molecule has 24 heavy (non-hydrogen) atoms. The normalized spacial score (nSPS) is 10.6. The Labute approximate surface area is 142 Å². The molecule has 2 rings (SSSR count). The van der Waals surface area contributed by atoms with Crippen LogP contribution in [0.4, 0.5) is 11.9 Å². The molecule has 0 atom stereocenters. The highest BCUT2D eigenvalue weighted by Gasteiger charge is 2.11. The molecule has 0 aliphatic carbocycles. The smallest absolute Gasteiger partial charge is 0.251 e. The predicted molar refractivity (Wildman–Crippen MR) is 95.4 cm³/mol. The SMILES string of the molecule is CNC(=O)c1cccc(CNc2nc(C(C)C)nc(N(C)C)n2)c1. The minimum atomic E-state index is -0.103. The molecular weight excluding hydrogens is 304 g/mol. The fraction of sp³-hybridized carbons (Fsp3) is 0.412. The average molecular weight is 328 g/mol. The standard InChI is InChI=1S/C17H24N6O/c1-11(2)14-20-16(22-17(21-14)23(4)5)19-10-12-7-6-8-13(9-12)15(24)18-3/h6-9,11H,10H2,1-5H3,(H,18,24)(H,19,20,21,22). The number of aromatic nitrogens is 3. The van der Waals surface area contributed by atoms with E-state index in [2.05, 4.69) is 25.6 Å². The minimum absolute atomic E-state index is 0.103. The Bertz CT molecular complexity index is 688. The van der Waals surface area contributed by atoms with Crippen LogP contribution in [0, 0.1) is 0 Å². The van der Waals surface area contributed by atoms with E-state index in [0.29, 0.717) is 24.0 Å². The van der Waals surface area contributed by atoms with Crippen molar-refractivity contribution in [2.75, 3.05) is 31.4 Å². The molecule has 7 heteroatoms. The highest BCUT2D eigenvalue weighted by atomic mass is 16.1. The number of carbonyl (C=O) groups excluding carboxylic acids is 1. The quantitative estimate of drug-likeness (QED) is 0.844. The van der Waals surface area contributed by atoms with Crippen molar-refractivity contribution in [2.45, 2.75) is 26.3 Å². The zero-order valence-electron chi connectivity index (χ0n) is 14.8. The van der Waals surface area contributed by atoms with Gasteiger partial charge in [0.1, 0.15) is 5.82 Å². The molecule has 0 aliphatic rings. The Hall–Kier alpha value is -2.70. The fourth-order valence-corrected chi connectivity index (χ4v) is 2.07. The second-order valence-corrected chi connectivity index (χ2v) is 6.00. The molecule has 0 bridgehead atoms. The van der Waals surface area contributed by atoms with Gasteiger partial charge in [-0.3, -0.25) is 4.79 Å². The summed E-state index contributed by atoms with van der Waals surface area (Å²) >= 11 is 0. The van der Waals surface area contributed by atoms with Crippen LogP contribution in [0.3, 0.4) is 0 Å². The average Bonchev–Trinajstić information content (AvgIpc) is 2.59. The Morgan fingerprint density at radius 2 is 1.96 bits per heavy atom. The molecule has 2 aromatic rings. The molecule has 1 amide bonds. The lowest BCUT2D eigenvalue weighted by Crippen LogP contribution is -2.18. The Kier molecular flexibility index (Phi) is 5.68. The molecule has 0 radical (unpaired) electrons. The van der Waals surface area contributed by atoms with Gasteiger partial charge in [0.2, 0.25) is 11.9 Å². The number of amides is 1. The second-order valence-electron chi connectivity index (χ2n) is 6.00. The summed E-state index contributed by atoms with van der Waals surface area (Å²) < 4.78 is 0. The van der Waals surface area contributed by atoms with Gasteiger partial charge in [-0.2, -0.15) is 15.0 Å². The van der Waals surface area contributed by atoms with Crippen molar-refractivity contribution in [3.8, 4) is 0 Å². The lowest BCUT2D eigenvalue weighted by Gasteiger charge is -2.15.